The van der Waals surface area contributed by atoms with E-state index in [9.17, 15) is 9.59 Å². The van der Waals surface area contributed by atoms with Gasteiger partial charge in [0.05, 0.1) is 0 Å². The van der Waals surface area contributed by atoms with Crippen LogP contribution >= 0.6 is 9.42 Å². The van der Waals surface area contributed by atoms with Gasteiger partial charge in [0.25, 0.3) is 5.97 Å². The molecule has 0 aromatic heterocycles. The van der Waals surface area contributed by atoms with Crippen LogP contribution in [0.3, 0.4) is 0 Å². The molecule has 0 radical (unpaired) electrons. The molecule has 2 atom stereocenters. The maximum atomic E-state index is 9.95. The average Bonchev–Trinajstić information content (AvgIpc) is 2.58. The fraction of sp³-hybridized carbons (Fsp3) is 0.571. The summed E-state index contributed by atoms with van der Waals surface area (Å²) in [5.74, 6) is -2.09. The number of carboxylic acids is 1. The number of amides is 1. The van der Waals surface area contributed by atoms with Crippen molar-refractivity contribution in [1.29, 1.82) is 0 Å². The average molecular weight is 524 g/mol. The first kappa shape index (κ1) is 22.1. The molecule has 2 rings (SSSR count). The van der Waals surface area contributed by atoms with Crippen LogP contribution in [0.1, 0.15) is 25.7 Å². The van der Waals surface area contributed by atoms with Crippen LogP contribution in [0.15, 0.2) is 23.9 Å². The van der Waals surface area contributed by atoms with Gasteiger partial charge in [-0.15, -0.1) is 25.2 Å². The molecule has 4 N–H and O–H groups in total. The number of halogens is 1. The molecule has 9 heteroatoms. The number of primary amides is 1. The van der Waals surface area contributed by atoms with Gasteiger partial charge in [-0.05, 0) is 6.04 Å². The van der Waals surface area contributed by atoms with E-state index in [0.717, 1.165) is 13.1 Å². The van der Waals surface area contributed by atoms with Gasteiger partial charge in [0.2, 0.25) is 5.91 Å². The van der Waals surface area contributed by atoms with E-state index in [0.29, 0.717) is 6.04 Å². The van der Waals surface area contributed by atoms with E-state index < -0.39 is 24.3 Å². The SMILES string of the molecule is C1=CC[N-]C(C2CCCC[N-]2)=C1.[Cl][Pt].[NH-]C(CC(N)=O)C(=O)O. The zero-order chi connectivity index (χ0) is 17.7. The molecule has 0 aromatic carbocycles. The van der Waals surface area contributed by atoms with Crippen molar-refractivity contribution in [1.82, 2.24) is 0 Å². The van der Waals surface area contributed by atoms with E-state index in [-0.39, 0.29) is 0 Å². The number of nitrogens with one attached hydrogen (secondary N) is 1. The second kappa shape index (κ2) is 13.5. The number of carboxylic acid groups (broad SMARTS) is 1. The largest absolute Gasteiger partial charge is 0.665 e. The first-order valence-electron chi connectivity index (χ1n) is 7.05. The fourth-order valence-corrected chi connectivity index (χ4v) is 1.97. The number of hydrogen-bond donors (Lipinski definition) is 2. The molecule has 2 heterocycles. The fourth-order valence-electron chi connectivity index (χ4n) is 1.97. The van der Waals surface area contributed by atoms with Crippen LogP contribution in [-0.4, -0.2) is 42.2 Å². The third kappa shape index (κ3) is 10.5. The topological polar surface area (TPSA) is 132 Å². The molecule has 7 nitrogen and oxygen atoms in total. The van der Waals surface area contributed by atoms with Gasteiger partial charge >= 0.3 is 28.2 Å². The summed E-state index contributed by atoms with van der Waals surface area (Å²) in [6.45, 7) is 1.87. The predicted octanol–water partition coefficient (Wildman–Crippen LogP) is 2.79. The Morgan fingerprint density at radius 2 is 2.17 bits per heavy atom. The Balaban J connectivity index is 0.000000396. The van der Waals surface area contributed by atoms with Crippen molar-refractivity contribution < 1.29 is 33.5 Å². The molecule has 0 aliphatic carbocycles. The molecule has 23 heavy (non-hydrogen) atoms. The number of piperidine rings is 1. The first-order valence-corrected chi connectivity index (χ1v) is 9.87. The van der Waals surface area contributed by atoms with Crippen molar-refractivity contribution in [3.8, 4) is 0 Å². The van der Waals surface area contributed by atoms with Crippen molar-refractivity contribution in [3.63, 3.8) is 0 Å². The number of hydrogen-bond acceptors (Lipinski definition) is 2. The maximum absolute atomic E-state index is 9.95. The Morgan fingerprint density at radius 3 is 2.57 bits per heavy atom. The standard InChI is InChI=1S/C10H14N2.C4H7N2O3.ClH.Pt/c1-3-7-11-9(5-1)10-6-2-4-8-12-10;5-2(4(8)9)1-3(6)7;;/h1,3,5,10H,2,4,6-8H2;2,5H,1H2,(H2,6,7)(H,8,9);1H;/q-2;-1;;+1/p-1. The van der Waals surface area contributed by atoms with Gasteiger partial charge in [0, 0.05) is 6.42 Å². The summed E-state index contributed by atoms with van der Waals surface area (Å²) in [7, 11) is 4.61. The summed E-state index contributed by atoms with van der Waals surface area (Å²) in [5.41, 5.74) is 12.5. The Morgan fingerprint density at radius 1 is 1.48 bits per heavy atom. The summed E-state index contributed by atoms with van der Waals surface area (Å²) in [6.07, 6.45) is 9.62. The van der Waals surface area contributed by atoms with Crippen LogP contribution < -0.4 is 5.73 Å². The van der Waals surface area contributed by atoms with E-state index in [1.807, 2.05) is 0 Å². The summed E-state index contributed by atoms with van der Waals surface area (Å²) in [5, 5.41) is 17.0. The number of carbonyl (C=O) groups is 2. The van der Waals surface area contributed by atoms with E-state index in [1.165, 1.54) is 25.0 Å². The monoisotopic (exact) mass is 523 g/mol. The summed E-state index contributed by atoms with van der Waals surface area (Å²) >= 11 is 1.61. The summed E-state index contributed by atoms with van der Waals surface area (Å²) < 4.78 is 0. The smallest absolute Gasteiger partial charge is 0.285 e. The summed E-state index contributed by atoms with van der Waals surface area (Å²) in [6, 6.07) is -1.01. The molecule has 2 unspecified atom stereocenters. The molecule has 2 aliphatic rings. The molecule has 0 aromatic rings. The van der Waals surface area contributed by atoms with Crippen molar-refractivity contribution >= 4 is 21.3 Å². The number of aliphatic carboxylic acids is 1. The molecule has 135 valence electrons. The van der Waals surface area contributed by atoms with E-state index >= 15 is 0 Å². The first-order chi connectivity index (χ1) is 11.0. The number of nitrogens with zero attached hydrogens (tertiary/aromatic N) is 2. The second-order valence-electron chi connectivity index (χ2n) is 4.84. The second-order valence-corrected chi connectivity index (χ2v) is 4.84. The maximum Gasteiger partial charge on any atom is 0.285 e. The molecule has 1 fully saturated rings. The minimum absolute atomic E-state index is 0.406. The Hall–Kier alpha value is -0.882. The van der Waals surface area contributed by atoms with Crippen molar-refractivity contribution in [3.05, 3.63) is 40.3 Å². The number of carbonyl (C=O) groups excluding carboxylic acids is 1. The van der Waals surface area contributed by atoms with Gasteiger partial charge in [-0.2, -0.15) is 5.70 Å². The van der Waals surface area contributed by atoms with Gasteiger partial charge in [0.1, 0.15) is 0 Å². The molecule has 0 saturated carbocycles. The molecular formula is C14H21ClN4O3Pt-3. The third-order valence-electron chi connectivity index (χ3n) is 3.06. The molecule has 2 aliphatic heterocycles. The van der Waals surface area contributed by atoms with Crippen LogP contribution in [0, 0.1) is 0 Å². The van der Waals surface area contributed by atoms with Gasteiger partial charge in [-0.3, -0.25) is 9.59 Å². The zero-order valence-electron chi connectivity index (χ0n) is 12.6. The molecule has 0 spiro atoms. The number of nitrogens with two attached hydrogens (primary N) is 1. The molecule has 1 saturated heterocycles. The van der Waals surface area contributed by atoms with Crippen molar-refractivity contribution in [2.45, 2.75) is 37.8 Å². The normalized spacial score (nSPS) is 20.5. The Labute approximate surface area is 151 Å². The molecular weight excluding hydrogens is 503 g/mol. The van der Waals surface area contributed by atoms with Gasteiger partial charge in [-0.1, -0.05) is 31.4 Å². The molecule has 0 bridgehead atoms. The van der Waals surface area contributed by atoms with Gasteiger partial charge in [0.15, 0.2) is 0 Å². The van der Waals surface area contributed by atoms with Crippen LogP contribution in [-0.2, 0) is 28.4 Å². The molecule has 1 amide bonds. The van der Waals surface area contributed by atoms with Crippen molar-refractivity contribution in [2.24, 2.45) is 5.73 Å². The van der Waals surface area contributed by atoms with Crippen LogP contribution in [0.5, 0.6) is 0 Å². The van der Waals surface area contributed by atoms with Gasteiger partial charge < -0.3 is 27.2 Å². The van der Waals surface area contributed by atoms with E-state index in [2.05, 4.69) is 44.0 Å². The van der Waals surface area contributed by atoms with Crippen molar-refractivity contribution in [2.75, 3.05) is 13.1 Å². The summed E-state index contributed by atoms with van der Waals surface area (Å²) in [4.78, 5) is 19.8. The van der Waals surface area contributed by atoms with Crippen LogP contribution in [0.2, 0.25) is 0 Å². The quantitative estimate of drug-likeness (QED) is 0.587. The van der Waals surface area contributed by atoms with Gasteiger partial charge in [-0.25, -0.2) is 0 Å². The minimum atomic E-state index is -1.41. The number of allylic oxidation sites excluding steroid dienone is 2. The zero-order valence-corrected chi connectivity index (χ0v) is 15.6. The van der Waals surface area contributed by atoms with Crippen LogP contribution in [0.4, 0.5) is 0 Å². The van der Waals surface area contributed by atoms with E-state index in [4.69, 9.17) is 10.8 Å². The van der Waals surface area contributed by atoms with Crippen LogP contribution in [0.25, 0.3) is 16.4 Å². The third-order valence-corrected chi connectivity index (χ3v) is 3.06. The minimum Gasteiger partial charge on any atom is -0.665 e. The van der Waals surface area contributed by atoms with E-state index in [1.54, 1.807) is 18.8 Å². The predicted molar refractivity (Wildman–Crippen MR) is 86.7 cm³/mol. The number of rotatable bonds is 4. The Bertz CT molecular complexity index is 426. The Kier molecular flexibility index (Phi) is 13.0.